The highest BCUT2D eigenvalue weighted by Crippen LogP contribution is 2.25. The van der Waals surface area contributed by atoms with Crippen LogP contribution in [-0.2, 0) is 0 Å². The Bertz CT molecular complexity index is 557. The van der Waals surface area contributed by atoms with E-state index < -0.39 is 11.4 Å². The largest absolute Gasteiger partial charge is 0.507 e. The van der Waals surface area contributed by atoms with Gasteiger partial charge in [-0.15, -0.1) is 0 Å². The lowest BCUT2D eigenvalue weighted by atomic mass is 10.1. The summed E-state index contributed by atoms with van der Waals surface area (Å²) < 4.78 is 17.8. The molecule has 0 aliphatic carbocycles. The Morgan fingerprint density at radius 1 is 1.36 bits per heavy atom. The number of aryl methyl sites for hydroxylation is 1. The summed E-state index contributed by atoms with van der Waals surface area (Å²) in [6.45, 7) is 1.60. The van der Waals surface area contributed by atoms with Gasteiger partial charge in [-0.1, -0.05) is 0 Å². The summed E-state index contributed by atoms with van der Waals surface area (Å²) in [4.78, 5) is 10.9. The third-order valence-electron chi connectivity index (χ3n) is 1.97. The van der Waals surface area contributed by atoms with E-state index in [1.807, 2.05) is 0 Å². The van der Waals surface area contributed by atoms with E-state index >= 15 is 0 Å². The van der Waals surface area contributed by atoms with E-state index in [0.717, 1.165) is 12.1 Å². The summed E-state index contributed by atoms with van der Waals surface area (Å²) in [5, 5.41) is 9.58. The van der Waals surface area contributed by atoms with E-state index in [1.165, 1.54) is 6.07 Å². The quantitative estimate of drug-likeness (QED) is 0.652. The number of benzene rings is 1. The van der Waals surface area contributed by atoms with Crippen LogP contribution >= 0.6 is 0 Å². The van der Waals surface area contributed by atoms with Gasteiger partial charge in [0, 0.05) is 0 Å². The van der Waals surface area contributed by atoms with Gasteiger partial charge in [-0.05, 0) is 24.6 Å². The van der Waals surface area contributed by atoms with Crippen molar-refractivity contribution in [2.75, 3.05) is 0 Å². The Labute approximate surface area is 78.4 Å². The molecule has 2 rings (SSSR count). The summed E-state index contributed by atoms with van der Waals surface area (Å²) >= 11 is 0. The highest BCUT2D eigenvalue weighted by molar-refractivity contribution is 5.85. The third-order valence-corrected chi connectivity index (χ3v) is 1.97. The van der Waals surface area contributed by atoms with Crippen molar-refractivity contribution in [2.24, 2.45) is 0 Å². The van der Waals surface area contributed by atoms with Gasteiger partial charge in [-0.2, -0.15) is 0 Å². The van der Waals surface area contributed by atoms with Crippen molar-refractivity contribution < 1.29 is 13.9 Å². The van der Waals surface area contributed by atoms with Crippen LogP contribution in [0.3, 0.4) is 0 Å². The highest BCUT2D eigenvalue weighted by Gasteiger charge is 2.08. The lowest BCUT2D eigenvalue weighted by Gasteiger charge is -2.02. The fourth-order valence-corrected chi connectivity index (χ4v) is 1.38. The van der Waals surface area contributed by atoms with Crippen LogP contribution in [0, 0.1) is 12.7 Å². The maximum Gasteiger partial charge on any atom is 0.339 e. The summed E-state index contributed by atoms with van der Waals surface area (Å²) in [7, 11) is 0. The summed E-state index contributed by atoms with van der Waals surface area (Å²) in [5.41, 5.74) is 0.0501. The monoisotopic (exact) mass is 194 g/mol. The van der Waals surface area contributed by atoms with Crippen LogP contribution in [0.2, 0.25) is 0 Å². The van der Waals surface area contributed by atoms with Gasteiger partial charge in [0.15, 0.2) is 0 Å². The van der Waals surface area contributed by atoms with Gasteiger partial charge in [0.25, 0.3) is 0 Å². The maximum absolute atomic E-state index is 12.9. The molecule has 14 heavy (non-hydrogen) atoms. The zero-order valence-electron chi connectivity index (χ0n) is 7.37. The molecule has 0 aliphatic heterocycles. The topological polar surface area (TPSA) is 50.4 Å². The molecule has 0 unspecified atom stereocenters. The number of aromatic hydroxyl groups is 1. The van der Waals surface area contributed by atoms with E-state index in [4.69, 9.17) is 4.42 Å². The average molecular weight is 194 g/mol. The van der Waals surface area contributed by atoms with Gasteiger partial charge in [0.1, 0.15) is 17.1 Å². The van der Waals surface area contributed by atoms with Crippen LogP contribution in [-0.4, -0.2) is 5.11 Å². The number of rotatable bonds is 0. The van der Waals surface area contributed by atoms with Crippen molar-refractivity contribution in [2.45, 2.75) is 6.92 Å². The first-order valence-corrected chi connectivity index (χ1v) is 4.01. The van der Waals surface area contributed by atoms with Gasteiger partial charge in [-0.3, -0.25) is 0 Å². The fourth-order valence-electron chi connectivity index (χ4n) is 1.38. The van der Waals surface area contributed by atoms with Crippen molar-refractivity contribution in [1.29, 1.82) is 0 Å². The van der Waals surface area contributed by atoms with Crippen molar-refractivity contribution in [3.8, 4) is 5.75 Å². The van der Waals surface area contributed by atoms with Crippen molar-refractivity contribution in [3.05, 3.63) is 40.0 Å². The molecule has 72 valence electrons. The predicted molar refractivity (Wildman–Crippen MR) is 48.8 cm³/mol. The van der Waals surface area contributed by atoms with Gasteiger partial charge >= 0.3 is 5.63 Å². The van der Waals surface area contributed by atoms with E-state index in [-0.39, 0.29) is 16.7 Å². The number of fused-ring (bicyclic) bond motifs is 1. The lowest BCUT2D eigenvalue weighted by molar-refractivity contribution is 0.467. The van der Waals surface area contributed by atoms with E-state index in [1.54, 1.807) is 6.92 Å². The van der Waals surface area contributed by atoms with Crippen LogP contribution in [0.1, 0.15) is 5.56 Å². The molecule has 0 fully saturated rings. The molecule has 3 nitrogen and oxygen atoms in total. The first-order valence-electron chi connectivity index (χ1n) is 4.01. The standard InChI is InChI=1S/C10H7FO3/c1-5-2-6(11)3-7-8(12)4-9(13)14-10(5)7/h2-4,12H,1H3. The highest BCUT2D eigenvalue weighted by atomic mass is 19.1. The Balaban J connectivity index is 3.01. The molecule has 0 spiro atoms. The second-order valence-corrected chi connectivity index (χ2v) is 3.05. The molecule has 0 saturated carbocycles. The van der Waals surface area contributed by atoms with Gasteiger partial charge in [0.05, 0.1) is 11.5 Å². The Kier molecular flexibility index (Phi) is 1.77. The molecule has 1 aromatic heterocycles. The molecule has 0 aliphatic rings. The van der Waals surface area contributed by atoms with Crippen LogP contribution in [0.5, 0.6) is 5.75 Å². The minimum Gasteiger partial charge on any atom is -0.507 e. The number of hydrogen-bond donors (Lipinski definition) is 1. The van der Waals surface area contributed by atoms with Crippen LogP contribution in [0.4, 0.5) is 4.39 Å². The van der Waals surface area contributed by atoms with Gasteiger partial charge < -0.3 is 9.52 Å². The summed E-state index contributed by atoms with van der Waals surface area (Å²) in [6.07, 6.45) is 0. The SMILES string of the molecule is Cc1cc(F)cc2c(O)cc(=O)oc12. The molecule has 0 amide bonds. The first-order chi connectivity index (χ1) is 6.58. The number of halogens is 1. The smallest absolute Gasteiger partial charge is 0.339 e. The van der Waals surface area contributed by atoms with Crippen LogP contribution in [0.15, 0.2) is 27.4 Å². The zero-order chi connectivity index (χ0) is 10.3. The second kappa shape index (κ2) is 2.83. The first kappa shape index (κ1) is 8.74. The second-order valence-electron chi connectivity index (χ2n) is 3.05. The van der Waals surface area contributed by atoms with E-state index in [0.29, 0.717) is 5.56 Å². The molecule has 0 bridgehead atoms. The minimum atomic E-state index is -0.648. The van der Waals surface area contributed by atoms with Crippen molar-refractivity contribution in [3.63, 3.8) is 0 Å². The van der Waals surface area contributed by atoms with Crippen molar-refractivity contribution >= 4 is 11.0 Å². The Morgan fingerprint density at radius 2 is 2.07 bits per heavy atom. The van der Waals surface area contributed by atoms with Gasteiger partial charge in [-0.25, -0.2) is 9.18 Å². The zero-order valence-corrected chi connectivity index (χ0v) is 7.37. The van der Waals surface area contributed by atoms with Gasteiger partial charge in [0.2, 0.25) is 0 Å². The maximum atomic E-state index is 12.9. The molecular formula is C10H7FO3. The number of hydrogen-bond acceptors (Lipinski definition) is 3. The predicted octanol–water partition coefficient (Wildman–Crippen LogP) is 1.95. The molecule has 1 heterocycles. The fraction of sp³-hybridized carbons (Fsp3) is 0.100. The molecular weight excluding hydrogens is 187 g/mol. The normalized spacial score (nSPS) is 10.7. The lowest BCUT2D eigenvalue weighted by Crippen LogP contribution is -1.97. The summed E-state index contributed by atoms with van der Waals surface area (Å²) in [5.74, 6) is -0.738. The van der Waals surface area contributed by atoms with Crippen molar-refractivity contribution in [1.82, 2.24) is 0 Å². The molecule has 0 radical (unpaired) electrons. The Hall–Kier alpha value is -1.84. The van der Waals surface area contributed by atoms with Crippen LogP contribution in [0.25, 0.3) is 11.0 Å². The minimum absolute atomic E-state index is 0.210. The molecule has 2 aromatic rings. The molecule has 0 saturated heterocycles. The Morgan fingerprint density at radius 3 is 2.79 bits per heavy atom. The molecule has 4 heteroatoms. The van der Waals surface area contributed by atoms with Crippen LogP contribution < -0.4 is 5.63 Å². The van der Waals surface area contributed by atoms with E-state index in [2.05, 4.69) is 0 Å². The summed E-state index contributed by atoms with van der Waals surface area (Å²) in [6, 6.07) is 3.28. The van der Waals surface area contributed by atoms with E-state index in [9.17, 15) is 14.3 Å². The molecule has 0 atom stereocenters. The average Bonchev–Trinajstić information content (AvgIpc) is 2.07. The molecule has 1 N–H and O–H groups in total. The molecule has 1 aromatic carbocycles. The third kappa shape index (κ3) is 1.25.